The highest BCUT2D eigenvalue weighted by Crippen LogP contribution is 2.22. The summed E-state index contributed by atoms with van der Waals surface area (Å²) in [4.78, 5) is 0. The van der Waals surface area contributed by atoms with Crippen molar-refractivity contribution in [1.29, 1.82) is 0 Å². The molecule has 2 aromatic rings. The van der Waals surface area contributed by atoms with Crippen molar-refractivity contribution in [2.45, 2.75) is 12.5 Å². The van der Waals surface area contributed by atoms with Crippen LogP contribution in [0.15, 0.2) is 42.5 Å². The van der Waals surface area contributed by atoms with Gasteiger partial charge >= 0.3 is 0 Å². The molecule has 0 saturated carbocycles. The Morgan fingerprint density at radius 3 is 2.47 bits per heavy atom. The highest BCUT2D eigenvalue weighted by atomic mass is 127. The summed E-state index contributed by atoms with van der Waals surface area (Å²) < 4.78 is 14.9. The first-order chi connectivity index (χ1) is 9.10. The molecule has 5 heteroatoms. The van der Waals surface area contributed by atoms with Crippen LogP contribution >= 0.6 is 34.2 Å². The normalized spacial score (nSPS) is 12.4. The van der Waals surface area contributed by atoms with Crippen LogP contribution < -0.4 is 11.3 Å². The Labute approximate surface area is 130 Å². The summed E-state index contributed by atoms with van der Waals surface area (Å²) in [5, 5.41) is 0.396. The zero-order valence-electron chi connectivity index (χ0n) is 10.0. The topological polar surface area (TPSA) is 38.0 Å². The number of nitrogens with two attached hydrogens (primary N) is 1. The van der Waals surface area contributed by atoms with Gasteiger partial charge in [-0.05, 0) is 64.4 Å². The summed E-state index contributed by atoms with van der Waals surface area (Å²) in [6.45, 7) is 0. The van der Waals surface area contributed by atoms with E-state index in [9.17, 15) is 4.39 Å². The lowest BCUT2D eigenvalue weighted by molar-refractivity contribution is 0.529. The van der Waals surface area contributed by atoms with Crippen LogP contribution in [0.1, 0.15) is 17.2 Å². The SMILES string of the molecule is NNC(Cc1ccc(Cl)cc1F)c1ccc(I)cc1. The van der Waals surface area contributed by atoms with E-state index in [1.54, 1.807) is 12.1 Å². The van der Waals surface area contributed by atoms with E-state index < -0.39 is 0 Å². The van der Waals surface area contributed by atoms with E-state index in [1.165, 1.54) is 6.07 Å². The molecule has 1 atom stereocenters. The third kappa shape index (κ3) is 3.89. The minimum Gasteiger partial charge on any atom is -0.271 e. The highest BCUT2D eigenvalue weighted by molar-refractivity contribution is 14.1. The minimum atomic E-state index is -0.307. The molecule has 0 radical (unpaired) electrons. The first kappa shape index (κ1) is 14.7. The zero-order valence-corrected chi connectivity index (χ0v) is 13.0. The van der Waals surface area contributed by atoms with Gasteiger partial charge in [-0.1, -0.05) is 29.8 Å². The summed E-state index contributed by atoms with van der Waals surface area (Å²) in [6.07, 6.45) is 0.472. The predicted molar refractivity (Wildman–Crippen MR) is 84.3 cm³/mol. The third-order valence-corrected chi connectivity index (χ3v) is 3.87. The van der Waals surface area contributed by atoms with Crippen LogP contribution in [0, 0.1) is 9.39 Å². The molecule has 2 rings (SSSR count). The quantitative estimate of drug-likeness (QED) is 0.473. The Morgan fingerprint density at radius 2 is 1.89 bits per heavy atom. The maximum absolute atomic E-state index is 13.8. The van der Waals surface area contributed by atoms with Gasteiger partial charge in [0.05, 0.1) is 6.04 Å². The number of halogens is 3. The summed E-state index contributed by atoms with van der Waals surface area (Å²) in [6, 6.07) is 12.5. The van der Waals surface area contributed by atoms with Gasteiger partial charge < -0.3 is 0 Å². The van der Waals surface area contributed by atoms with Gasteiger partial charge in [0.25, 0.3) is 0 Å². The average molecular weight is 391 g/mol. The number of nitrogens with one attached hydrogen (secondary N) is 1. The molecule has 100 valence electrons. The lowest BCUT2D eigenvalue weighted by Gasteiger charge is -2.17. The number of benzene rings is 2. The molecule has 0 spiro atoms. The van der Waals surface area contributed by atoms with E-state index in [-0.39, 0.29) is 11.9 Å². The van der Waals surface area contributed by atoms with Crippen LogP contribution in [-0.2, 0) is 6.42 Å². The highest BCUT2D eigenvalue weighted by Gasteiger charge is 2.13. The van der Waals surface area contributed by atoms with Crippen LogP contribution in [0.2, 0.25) is 5.02 Å². The van der Waals surface area contributed by atoms with Crippen LogP contribution in [0.25, 0.3) is 0 Å². The van der Waals surface area contributed by atoms with Gasteiger partial charge in [0.15, 0.2) is 0 Å². The minimum absolute atomic E-state index is 0.132. The van der Waals surface area contributed by atoms with Gasteiger partial charge in [-0.3, -0.25) is 11.3 Å². The van der Waals surface area contributed by atoms with E-state index >= 15 is 0 Å². The van der Waals surface area contributed by atoms with E-state index in [4.69, 9.17) is 17.4 Å². The number of hydrogen-bond donors (Lipinski definition) is 2. The largest absolute Gasteiger partial charge is 0.271 e. The molecule has 0 aliphatic rings. The Bertz CT molecular complexity index is 560. The summed E-state index contributed by atoms with van der Waals surface area (Å²) in [5.41, 5.74) is 4.34. The van der Waals surface area contributed by atoms with Crippen LogP contribution in [-0.4, -0.2) is 0 Å². The molecule has 0 amide bonds. The first-order valence-corrected chi connectivity index (χ1v) is 7.21. The molecule has 3 N–H and O–H groups in total. The van der Waals surface area contributed by atoms with Crippen molar-refractivity contribution < 1.29 is 4.39 Å². The summed E-state index contributed by atoms with van der Waals surface area (Å²) in [7, 11) is 0. The third-order valence-electron chi connectivity index (χ3n) is 2.91. The molecule has 0 saturated heterocycles. The van der Waals surface area contributed by atoms with Gasteiger partial charge in [-0.25, -0.2) is 4.39 Å². The Balaban J connectivity index is 2.21. The molecule has 0 heterocycles. The number of hydrazine groups is 1. The van der Waals surface area contributed by atoms with Gasteiger partial charge in [-0.2, -0.15) is 0 Å². The van der Waals surface area contributed by atoms with Crippen molar-refractivity contribution >= 4 is 34.2 Å². The maximum atomic E-state index is 13.8. The summed E-state index contributed by atoms with van der Waals surface area (Å²) >= 11 is 7.98. The molecule has 2 nitrogen and oxygen atoms in total. The van der Waals surface area contributed by atoms with E-state index in [0.29, 0.717) is 17.0 Å². The van der Waals surface area contributed by atoms with Crippen LogP contribution in [0.4, 0.5) is 4.39 Å². The van der Waals surface area contributed by atoms with E-state index in [1.807, 2.05) is 24.3 Å². The fraction of sp³-hybridized carbons (Fsp3) is 0.143. The molecule has 0 aromatic heterocycles. The monoisotopic (exact) mass is 390 g/mol. The van der Waals surface area contributed by atoms with Crippen molar-refractivity contribution in [3.05, 3.63) is 68.0 Å². The molecular weight excluding hydrogens is 378 g/mol. The maximum Gasteiger partial charge on any atom is 0.127 e. The van der Waals surface area contributed by atoms with Crippen molar-refractivity contribution in [2.24, 2.45) is 5.84 Å². The predicted octanol–water partition coefficient (Wildman–Crippen LogP) is 3.83. The fourth-order valence-electron chi connectivity index (χ4n) is 1.88. The molecular formula is C14H13ClFIN2. The van der Waals surface area contributed by atoms with Gasteiger partial charge in [-0.15, -0.1) is 0 Å². The number of hydrogen-bond acceptors (Lipinski definition) is 2. The Morgan fingerprint density at radius 1 is 1.21 bits per heavy atom. The molecule has 0 aliphatic heterocycles. The zero-order chi connectivity index (χ0) is 13.8. The van der Waals surface area contributed by atoms with Gasteiger partial charge in [0.1, 0.15) is 5.82 Å². The lowest BCUT2D eigenvalue weighted by atomic mass is 9.99. The second-order valence-electron chi connectivity index (χ2n) is 4.21. The standard InChI is InChI=1S/C14H13ClFIN2/c15-11-4-1-10(13(16)8-11)7-14(19-18)9-2-5-12(17)6-3-9/h1-6,8,14,19H,7,18H2. The number of rotatable bonds is 4. The summed E-state index contributed by atoms with van der Waals surface area (Å²) in [5.74, 6) is 5.26. The van der Waals surface area contributed by atoms with Crippen LogP contribution in [0.5, 0.6) is 0 Å². The second-order valence-corrected chi connectivity index (χ2v) is 5.89. The van der Waals surface area contributed by atoms with Gasteiger partial charge in [0.2, 0.25) is 0 Å². The Hall–Kier alpha value is -0.690. The second kappa shape index (κ2) is 6.65. The van der Waals surface area contributed by atoms with Crippen molar-refractivity contribution in [1.82, 2.24) is 5.43 Å². The first-order valence-electron chi connectivity index (χ1n) is 5.75. The molecule has 2 aromatic carbocycles. The van der Waals surface area contributed by atoms with Crippen molar-refractivity contribution in [2.75, 3.05) is 0 Å². The van der Waals surface area contributed by atoms with Crippen molar-refractivity contribution in [3.63, 3.8) is 0 Å². The van der Waals surface area contributed by atoms with Crippen LogP contribution in [0.3, 0.4) is 0 Å². The molecule has 0 bridgehead atoms. The molecule has 0 aliphatic carbocycles. The molecule has 19 heavy (non-hydrogen) atoms. The van der Waals surface area contributed by atoms with E-state index in [2.05, 4.69) is 28.0 Å². The van der Waals surface area contributed by atoms with E-state index in [0.717, 1.165) is 9.13 Å². The lowest BCUT2D eigenvalue weighted by Crippen LogP contribution is -2.29. The fourth-order valence-corrected chi connectivity index (χ4v) is 2.39. The van der Waals surface area contributed by atoms with Crippen molar-refractivity contribution in [3.8, 4) is 0 Å². The smallest absolute Gasteiger partial charge is 0.127 e. The molecule has 0 fully saturated rings. The Kier molecular flexibility index (Phi) is 5.15. The average Bonchev–Trinajstić information content (AvgIpc) is 2.39. The molecule has 1 unspecified atom stereocenters. The van der Waals surface area contributed by atoms with Gasteiger partial charge in [0, 0.05) is 8.59 Å².